The van der Waals surface area contributed by atoms with Crippen molar-refractivity contribution in [1.29, 1.82) is 0 Å². The Morgan fingerprint density at radius 1 is 1.15 bits per heavy atom. The van der Waals surface area contributed by atoms with E-state index in [9.17, 15) is 36.9 Å². The highest BCUT2D eigenvalue weighted by Gasteiger charge is 2.54. The third-order valence-electron chi connectivity index (χ3n) is 5.39. The molecule has 0 aromatic heterocycles. The largest absolute Gasteiger partial charge is 0.363 e. The molecule has 1 aromatic rings. The summed E-state index contributed by atoms with van der Waals surface area (Å²) in [5, 5.41) is 3.72. The van der Waals surface area contributed by atoms with E-state index in [2.05, 4.69) is 10.6 Å². The number of nitrogens with one attached hydrogen (secondary N) is 2. The summed E-state index contributed by atoms with van der Waals surface area (Å²) in [6.07, 6.45) is 1.49. The molecule has 3 rings (SSSR count). The van der Waals surface area contributed by atoms with Gasteiger partial charge in [-0.25, -0.2) is 4.79 Å². The van der Waals surface area contributed by atoms with E-state index in [0.717, 1.165) is 11.8 Å². The summed E-state index contributed by atoms with van der Waals surface area (Å²) in [5.41, 5.74) is 0.318. The highest BCUT2D eigenvalue weighted by Crippen LogP contribution is 2.31. The van der Waals surface area contributed by atoms with Crippen LogP contribution in [0.25, 0.3) is 0 Å². The van der Waals surface area contributed by atoms with Gasteiger partial charge < -0.3 is 15.5 Å². The lowest BCUT2D eigenvalue weighted by molar-refractivity contribution is -0.153. The first-order valence-electron chi connectivity index (χ1n) is 10.1. The highest BCUT2D eigenvalue weighted by molar-refractivity contribution is 8.00. The van der Waals surface area contributed by atoms with Crippen LogP contribution in [-0.2, 0) is 29.5 Å². The molecule has 0 bridgehead atoms. The predicted molar refractivity (Wildman–Crippen MR) is 119 cm³/mol. The third-order valence-corrected chi connectivity index (χ3v) is 7.39. The van der Waals surface area contributed by atoms with E-state index in [1.165, 1.54) is 23.3 Å². The molecule has 0 aliphatic carbocycles. The Bertz CT molecular complexity index is 1110. The molecule has 2 heterocycles. The Labute approximate surface area is 199 Å². The molecule has 0 radical (unpaired) electrons. The zero-order valence-electron chi connectivity index (χ0n) is 18.2. The number of carbonyl (C=O) groups excluding carboxylic acids is 5. The fourth-order valence-corrected chi connectivity index (χ4v) is 5.66. The molecule has 0 spiro atoms. The summed E-state index contributed by atoms with van der Waals surface area (Å²) in [6, 6.07) is 4.34. The summed E-state index contributed by atoms with van der Waals surface area (Å²) in [6.45, 7) is 2.09. The topological polar surface area (TPSA) is 173 Å². The highest BCUT2D eigenvalue weighted by atomic mass is 32.2. The van der Waals surface area contributed by atoms with Crippen LogP contribution in [0.4, 0.5) is 4.79 Å². The predicted octanol–water partition coefficient (Wildman–Crippen LogP) is -1.05. The molecule has 34 heavy (non-hydrogen) atoms. The van der Waals surface area contributed by atoms with Crippen molar-refractivity contribution in [3.63, 3.8) is 0 Å². The van der Waals surface area contributed by atoms with Gasteiger partial charge in [0, 0.05) is 19.6 Å². The number of piperazine rings is 1. The molecule has 3 atom stereocenters. The van der Waals surface area contributed by atoms with Crippen LogP contribution >= 0.6 is 11.8 Å². The SMILES string of the molecule is CCN1CCN(C(=O)NC(C(=O)N[C@@H]2C(=O)N(S(=O)(=O)O)[C@H]2SC)c2ccccc2)C(=O)C1=O. The van der Waals surface area contributed by atoms with Gasteiger partial charge in [0.1, 0.15) is 17.5 Å². The zero-order valence-corrected chi connectivity index (χ0v) is 19.8. The maximum absolute atomic E-state index is 13.1. The molecule has 2 aliphatic rings. The lowest BCUT2D eigenvalue weighted by atomic mass is 10.0. The Morgan fingerprint density at radius 2 is 1.79 bits per heavy atom. The molecule has 1 aromatic carbocycles. The molecule has 1 unspecified atom stereocenters. The van der Waals surface area contributed by atoms with E-state index in [4.69, 9.17) is 0 Å². The first kappa shape index (κ1) is 25.5. The fraction of sp³-hybridized carbons (Fsp3) is 0.421. The van der Waals surface area contributed by atoms with Gasteiger partial charge in [-0.1, -0.05) is 30.3 Å². The minimum Gasteiger partial charge on any atom is -0.340 e. The Hall–Kier alpha value is -3.17. The van der Waals surface area contributed by atoms with E-state index in [1.54, 1.807) is 25.1 Å². The number of thioether (sulfide) groups is 1. The van der Waals surface area contributed by atoms with Crippen molar-refractivity contribution in [3.05, 3.63) is 35.9 Å². The van der Waals surface area contributed by atoms with Crippen LogP contribution in [-0.4, -0.2) is 94.0 Å². The summed E-state index contributed by atoms with van der Waals surface area (Å²) in [5.74, 6) is -3.75. The Balaban J connectivity index is 1.79. The number of hydrogen-bond donors (Lipinski definition) is 3. The van der Waals surface area contributed by atoms with E-state index in [1.807, 2.05) is 0 Å². The molecule has 13 nitrogen and oxygen atoms in total. The standard InChI is InChI=1S/C19H23N5O8S2/c1-3-22-9-10-23(17(28)16(22)27)19(29)21-12(11-7-5-4-6-8-11)14(25)20-13-15(26)24(18(13)33-2)34(30,31)32/h4-8,12-13,18H,3,9-10H2,1-2H3,(H,20,25)(H,21,29)(H,30,31,32)/t12?,13-,18+/m1/s1. The zero-order chi connectivity index (χ0) is 25.2. The van der Waals surface area contributed by atoms with E-state index >= 15 is 0 Å². The number of nitrogens with zero attached hydrogens (tertiary/aromatic N) is 3. The lowest BCUT2D eigenvalue weighted by Gasteiger charge is -2.43. The number of likely N-dealkylation sites (N-methyl/N-ethyl adjacent to an activating group) is 1. The molecule has 0 saturated carbocycles. The maximum atomic E-state index is 13.1. The van der Waals surface area contributed by atoms with Gasteiger partial charge in [0.05, 0.1) is 0 Å². The van der Waals surface area contributed by atoms with Crippen molar-refractivity contribution in [1.82, 2.24) is 24.7 Å². The number of rotatable bonds is 7. The van der Waals surface area contributed by atoms with Gasteiger partial charge in [0.15, 0.2) is 0 Å². The second-order valence-electron chi connectivity index (χ2n) is 7.36. The van der Waals surface area contributed by atoms with Crippen LogP contribution in [0.2, 0.25) is 0 Å². The van der Waals surface area contributed by atoms with Crippen molar-refractivity contribution in [2.75, 3.05) is 25.9 Å². The first-order valence-corrected chi connectivity index (χ1v) is 12.8. The van der Waals surface area contributed by atoms with Gasteiger partial charge in [-0.2, -0.15) is 12.7 Å². The van der Waals surface area contributed by atoms with Crippen LogP contribution in [0.15, 0.2) is 30.3 Å². The van der Waals surface area contributed by atoms with Crippen molar-refractivity contribution in [2.24, 2.45) is 0 Å². The lowest BCUT2D eigenvalue weighted by Crippen LogP contribution is -2.71. The van der Waals surface area contributed by atoms with Gasteiger partial charge >= 0.3 is 28.1 Å². The van der Waals surface area contributed by atoms with Crippen LogP contribution in [0.5, 0.6) is 0 Å². The molecule has 15 heteroatoms. The molecular formula is C19H23N5O8S2. The Kier molecular flexibility index (Phi) is 7.48. The molecular weight excluding hydrogens is 490 g/mol. The molecule has 2 fully saturated rings. The van der Waals surface area contributed by atoms with Gasteiger partial charge in [-0.05, 0) is 18.7 Å². The van der Waals surface area contributed by atoms with E-state index in [-0.39, 0.29) is 17.4 Å². The number of amides is 6. The second-order valence-corrected chi connectivity index (χ2v) is 9.60. The van der Waals surface area contributed by atoms with Gasteiger partial charge in [-0.3, -0.25) is 28.6 Å². The van der Waals surface area contributed by atoms with Gasteiger partial charge in [0.25, 0.3) is 5.91 Å². The number of imide groups is 1. The van der Waals surface area contributed by atoms with E-state index in [0.29, 0.717) is 17.0 Å². The van der Waals surface area contributed by atoms with Crippen LogP contribution < -0.4 is 10.6 Å². The average Bonchev–Trinajstić information content (AvgIpc) is 2.80. The summed E-state index contributed by atoms with van der Waals surface area (Å²) in [7, 11) is -4.81. The monoisotopic (exact) mass is 513 g/mol. The maximum Gasteiger partial charge on any atom is 0.363 e. The number of urea groups is 1. The van der Waals surface area contributed by atoms with E-state index < -0.39 is 57.4 Å². The van der Waals surface area contributed by atoms with Crippen LogP contribution in [0.1, 0.15) is 18.5 Å². The van der Waals surface area contributed by atoms with Crippen molar-refractivity contribution in [3.8, 4) is 0 Å². The third kappa shape index (κ3) is 4.85. The minimum absolute atomic E-state index is 0.0631. The summed E-state index contributed by atoms with van der Waals surface area (Å²) < 4.78 is 32.3. The fourth-order valence-electron chi connectivity index (χ4n) is 3.60. The summed E-state index contributed by atoms with van der Waals surface area (Å²) in [4.78, 5) is 64.6. The van der Waals surface area contributed by atoms with Crippen molar-refractivity contribution in [2.45, 2.75) is 24.4 Å². The first-order chi connectivity index (χ1) is 16.0. The van der Waals surface area contributed by atoms with Crippen LogP contribution in [0, 0.1) is 0 Å². The number of β-lactam (4-membered cyclic amide) rings is 1. The number of benzene rings is 1. The minimum atomic E-state index is -4.81. The molecule has 6 amide bonds. The van der Waals surface area contributed by atoms with Gasteiger partial charge in [0.2, 0.25) is 5.91 Å². The quantitative estimate of drug-likeness (QED) is 0.233. The second kappa shape index (κ2) is 9.99. The van der Waals surface area contributed by atoms with Crippen molar-refractivity contribution < 1.29 is 36.9 Å². The van der Waals surface area contributed by atoms with Crippen LogP contribution in [0.3, 0.4) is 0 Å². The summed E-state index contributed by atoms with van der Waals surface area (Å²) >= 11 is 0.916. The number of hydrogen-bond acceptors (Lipinski definition) is 8. The Morgan fingerprint density at radius 3 is 2.35 bits per heavy atom. The molecule has 2 aliphatic heterocycles. The number of carbonyl (C=O) groups is 5. The average molecular weight is 514 g/mol. The van der Waals surface area contributed by atoms with Gasteiger partial charge in [-0.15, -0.1) is 11.8 Å². The molecule has 2 saturated heterocycles. The molecule has 184 valence electrons. The normalized spacial score (nSPS) is 21.7. The van der Waals surface area contributed by atoms with Crippen molar-refractivity contribution >= 4 is 51.7 Å². The molecule has 3 N–H and O–H groups in total. The smallest absolute Gasteiger partial charge is 0.340 e.